The number of benzene rings is 1. The topological polar surface area (TPSA) is 88.3 Å². The minimum atomic E-state index is -0.156. The molecule has 7 nitrogen and oxygen atoms in total. The van der Waals surface area contributed by atoms with Crippen molar-refractivity contribution in [2.75, 3.05) is 23.3 Å². The standard InChI is InChI=1S/C22H22N4O3/c1-15(27)16-5-2-7-18(13-16)23-22(28)17-6-3-11-26(14-17)21-10-9-19(24-25-21)20-8-4-12-29-20/h2,4-5,7-10,12-13,17H,3,6,11,14H2,1H3,(H,23,28). The molecule has 1 aromatic carbocycles. The van der Waals surface area contributed by atoms with Crippen molar-refractivity contribution >= 4 is 23.2 Å². The van der Waals surface area contributed by atoms with Crippen LogP contribution in [0.4, 0.5) is 11.5 Å². The molecular formula is C22H22N4O3. The zero-order valence-corrected chi connectivity index (χ0v) is 16.2. The Labute approximate surface area is 168 Å². The van der Waals surface area contributed by atoms with E-state index >= 15 is 0 Å². The Bertz CT molecular complexity index is 999. The highest BCUT2D eigenvalue weighted by Crippen LogP contribution is 2.24. The molecule has 1 aliphatic rings. The molecule has 0 bridgehead atoms. The van der Waals surface area contributed by atoms with Crippen molar-refractivity contribution in [3.05, 3.63) is 60.4 Å². The van der Waals surface area contributed by atoms with E-state index in [0.717, 1.165) is 25.2 Å². The van der Waals surface area contributed by atoms with Gasteiger partial charge in [-0.15, -0.1) is 10.2 Å². The van der Waals surface area contributed by atoms with Gasteiger partial charge in [0, 0.05) is 24.3 Å². The zero-order valence-electron chi connectivity index (χ0n) is 16.2. The molecule has 4 rings (SSSR count). The van der Waals surface area contributed by atoms with Crippen molar-refractivity contribution in [3.63, 3.8) is 0 Å². The summed E-state index contributed by atoms with van der Waals surface area (Å²) in [5.41, 5.74) is 1.90. The summed E-state index contributed by atoms with van der Waals surface area (Å²) < 4.78 is 5.34. The van der Waals surface area contributed by atoms with E-state index in [1.807, 2.05) is 24.3 Å². The van der Waals surface area contributed by atoms with Crippen LogP contribution >= 0.6 is 0 Å². The van der Waals surface area contributed by atoms with Crippen LogP contribution in [0.3, 0.4) is 0 Å². The molecule has 2 aromatic heterocycles. The first kappa shape index (κ1) is 18.9. The van der Waals surface area contributed by atoms with Gasteiger partial charge in [-0.25, -0.2) is 0 Å². The maximum atomic E-state index is 12.8. The van der Waals surface area contributed by atoms with Gasteiger partial charge < -0.3 is 14.6 Å². The van der Waals surface area contributed by atoms with E-state index in [4.69, 9.17) is 4.42 Å². The van der Waals surface area contributed by atoms with Gasteiger partial charge >= 0.3 is 0 Å². The summed E-state index contributed by atoms with van der Waals surface area (Å²) >= 11 is 0. The summed E-state index contributed by atoms with van der Waals surface area (Å²) in [6.45, 7) is 2.92. The van der Waals surface area contributed by atoms with Crippen LogP contribution in [0.15, 0.2) is 59.2 Å². The van der Waals surface area contributed by atoms with Crippen LogP contribution in [0.25, 0.3) is 11.5 Å². The lowest BCUT2D eigenvalue weighted by Crippen LogP contribution is -2.41. The Balaban J connectivity index is 1.42. The largest absolute Gasteiger partial charge is 0.463 e. The van der Waals surface area contributed by atoms with Gasteiger partial charge in [0.25, 0.3) is 0 Å². The van der Waals surface area contributed by atoms with Crippen molar-refractivity contribution in [1.29, 1.82) is 0 Å². The molecule has 29 heavy (non-hydrogen) atoms. The van der Waals surface area contributed by atoms with E-state index in [-0.39, 0.29) is 17.6 Å². The van der Waals surface area contributed by atoms with Crippen molar-refractivity contribution in [2.45, 2.75) is 19.8 Å². The first-order valence-corrected chi connectivity index (χ1v) is 9.64. The van der Waals surface area contributed by atoms with Crippen molar-refractivity contribution < 1.29 is 14.0 Å². The lowest BCUT2D eigenvalue weighted by molar-refractivity contribution is -0.120. The van der Waals surface area contributed by atoms with E-state index in [1.165, 1.54) is 6.92 Å². The van der Waals surface area contributed by atoms with Gasteiger partial charge in [0.2, 0.25) is 5.91 Å². The number of piperidine rings is 1. The molecule has 0 saturated carbocycles. The number of hydrogen-bond donors (Lipinski definition) is 1. The van der Waals surface area contributed by atoms with Crippen LogP contribution < -0.4 is 10.2 Å². The first-order valence-electron chi connectivity index (χ1n) is 9.64. The molecule has 0 spiro atoms. The summed E-state index contributed by atoms with van der Waals surface area (Å²) in [5, 5.41) is 11.5. The smallest absolute Gasteiger partial charge is 0.229 e. The lowest BCUT2D eigenvalue weighted by atomic mass is 9.97. The van der Waals surface area contributed by atoms with Crippen molar-refractivity contribution in [2.24, 2.45) is 5.92 Å². The fourth-order valence-electron chi connectivity index (χ4n) is 3.51. The van der Waals surface area contributed by atoms with Crippen LogP contribution in [0, 0.1) is 5.92 Å². The fourth-order valence-corrected chi connectivity index (χ4v) is 3.51. The van der Waals surface area contributed by atoms with Gasteiger partial charge in [-0.3, -0.25) is 9.59 Å². The Morgan fingerprint density at radius 1 is 1.14 bits per heavy atom. The zero-order chi connectivity index (χ0) is 20.2. The summed E-state index contributed by atoms with van der Waals surface area (Å²) in [4.78, 5) is 26.4. The van der Waals surface area contributed by atoms with E-state index < -0.39 is 0 Å². The van der Waals surface area contributed by atoms with E-state index in [0.29, 0.717) is 29.2 Å². The van der Waals surface area contributed by atoms with E-state index in [2.05, 4.69) is 20.4 Å². The Morgan fingerprint density at radius 3 is 2.76 bits per heavy atom. The molecule has 1 N–H and O–H groups in total. The molecule has 1 amide bonds. The van der Waals surface area contributed by atoms with Gasteiger partial charge in [0.15, 0.2) is 17.4 Å². The van der Waals surface area contributed by atoms with Crippen LogP contribution in [0.2, 0.25) is 0 Å². The maximum Gasteiger partial charge on any atom is 0.229 e. The number of Topliss-reactive ketones (excluding diaryl/α,β-unsaturated/α-hetero) is 1. The maximum absolute atomic E-state index is 12.8. The van der Waals surface area contributed by atoms with Gasteiger partial charge in [-0.2, -0.15) is 0 Å². The molecule has 1 saturated heterocycles. The second kappa shape index (κ2) is 8.26. The number of carbonyl (C=O) groups is 2. The number of carbonyl (C=O) groups excluding carboxylic acids is 2. The highest BCUT2D eigenvalue weighted by Gasteiger charge is 2.27. The number of nitrogens with one attached hydrogen (secondary N) is 1. The third-order valence-electron chi connectivity index (χ3n) is 5.08. The molecular weight excluding hydrogens is 368 g/mol. The predicted octanol–water partition coefficient (Wildman–Crippen LogP) is 3.79. The predicted molar refractivity (Wildman–Crippen MR) is 110 cm³/mol. The molecule has 0 aliphatic carbocycles. The molecule has 1 fully saturated rings. The molecule has 1 atom stereocenters. The number of hydrogen-bond acceptors (Lipinski definition) is 6. The number of aromatic nitrogens is 2. The van der Waals surface area contributed by atoms with Crippen LogP contribution in [0.5, 0.6) is 0 Å². The quantitative estimate of drug-likeness (QED) is 0.667. The second-order valence-electron chi connectivity index (χ2n) is 7.17. The molecule has 1 aliphatic heterocycles. The number of nitrogens with zero attached hydrogens (tertiary/aromatic N) is 3. The van der Waals surface area contributed by atoms with Crippen LogP contribution in [-0.2, 0) is 4.79 Å². The second-order valence-corrected chi connectivity index (χ2v) is 7.17. The Hall–Kier alpha value is -3.48. The Morgan fingerprint density at radius 2 is 2.03 bits per heavy atom. The number of ketones is 1. The third kappa shape index (κ3) is 4.34. The normalized spacial score (nSPS) is 16.4. The number of amides is 1. The number of furan rings is 1. The van der Waals surface area contributed by atoms with Crippen LogP contribution in [-0.4, -0.2) is 35.0 Å². The van der Waals surface area contributed by atoms with Crippen molar-refractivity contribution in [1.82, 2.24) is 10.2 Å². The van der Waals surface area contributed by atoms with Gasteiger partial charge in [-0.1, -0.05) is 12.1 Å². The summed E-state index contributed by atoms with van der Waals surface area (Å²) in [6.07, 6.45) is 3.31. The SMILES string of the molecule is CC(=O)c1cccc(NC(=O)C2CCCN(c3ccc(-c4ccco4)nn3)C2)c1. The summed E-state index contributed by atoms with van der Waals surface area (Å²) in [7, 11) is 0. The van der Waals surface area contributed by atoms with Gasteiger partial charge in [0.05, 0.1) is 12.2 Å². The van der Waals surface area contributed by atoms with Crippen LogP contribution in [0.1, 0.15) is 30.1 Å². The number of anilines is 2. The fraction of sp³-hybridized carbons (Fsp3) is 0.273. The molecule has 148 valence electrons. The third-order valence-corrected chi connectivity index (χ3v) is 5.08. The summed E-state index contributed by atoms with van der Waals surface area (Å²) in [5.74, 6) is 1.19. The molecule has 3 heterocycles. The van der Waals surface area contributed by atoms with Gasteiger partial charge in [-0.05, 0) is 56.2 Å². The highest BCUT2D eigenvalue weighted by atomic mass is 16.3. The minimum Gasteiger partial charge on any atom is -0.463 e. The lowest BCUT2D eigenvalue weighted by Gasteiger charge is -2.32. The summed E-state index contributed by atoms with van der Waals surface area (Å²) in [6, 6.07) is 14.4. The van der Waals surface area contributed by atoms with Gasteiger partial charge in [0.1, 0.15) is 5.69 Å². The molecule has 3 aromatic rings. The van der Waals surface area contributed by atoms with E-state index in [1.54, 1.807) is 30.5 Å². The first-order chi connectivity index (χ1) is 14.1. The monoisotopic (exact) mass is 390 g/mol. The average Bonchev–Trinajstić information content (AvgIpc) is 3.29. The highest BCUT2D eigenvalue weighted by molar-refractivity contribution is 5.97. The molecule has 7 heteroatoms. The van der Waals surface area contributed by atoms with E-state index in [9.17, 15) is 9.59 Å². The molecule has 0 radical (unpaired) electrons. The average molecular weight is 390 g/mol. The van der Waals surface area contributed by atoms with Crippen molar-refractivity contribution in [3.8, 4) is 11.5 Å². The Kier molecular flexibility index (Phi) is 5.37. The minimum absolute atomic E-state index is 0.0264. The number of rotatable bonds is 5. The molecule has 1 unspecified atom stereocenters.